The maximum absolute atomic E-state index is 5.57. The molecule has 0 saturated heterocycles. The van der Waals surface area contributed by atoms with E-state index in [1.165, 1.54) is 24.6 Å². The Bertz CT molecular complexity index is 570. The van der Waals surface area contributed by atoms with Crippen molar-refractivity contribution in [3.8, 4) is 0 Å². The number of aryl methyl sites for hydroxylation is 3. The van der Waals surface area contributed by atoms with Gasteiger partial charge < -0.3 is 4.42 Å². The average Bonchev–Trinajstić information content (AvgIpc) is 3.07. The predicted molar refractivity (Wildman–Crippen MR) is 68.8 cm³/mol. The smallest absolute Gasteiger partial charge is 0.262 e. The minimum atomic E-state index is 0.567. The van der Waals surface area contributed by atoms with E-state index in [4.69, 9.17) is 4.42 Å². The summed E-state index contributed by atoms with van der Waals surface area (Å²) >= 11 is 1.47. The summed E-state index contributed by atoms with van der Waals surface area (Å²) in [6, 6.07) is 1.98. The summed E-state index contributed by atoms with van der Waals surface area (Å²) < 4.78 is 5.57. The average molecular weight is 261 g/mol. The molecule has 1 aliphatic carbocycles. The summed E-state index contributed by atoms with van der Waals surface area (Å²) in [5.41, 5.74) is 1.94. The third-order valence-corrected chi connectivity index (χ3v) is 3.76. The van der Waals surface area contributed by atoms with Gasteiger partial charge in [0.2, 0.25) is 0 Å². The van der Waals surface area contributed by atoms with Crippen molar-refractivity contribution in [2.45, 2.75) is 49.8 Å². The molecule has 18 heavy (non-hydrogen) atoms. The van der Waals surface area contributed by atoms with Gasteiger partial charge in [-0.3, -0.25) is 0 Å². The van der Waals surface area contributed by atoms with Crippen molar-refractivity contribution in [3.05, 3.63) is 29.0 Å². The second-order valence-electron chi connectivity index (χ2n) is 4.70. The Hall–Kier alpha value is -1.36. The number of aromatic nitrogens is 3. The summed E-state index contributed by atoms with van der Waals surface area (Å²) in [5.74, 6) is 2.40. The zero-order valence-corrected chi connectivity index (χ0v) is 11.5. The van der Waals surface area contributed by atoms with Crippen LogP contribution in [-0.2, 0) is 0 Å². The number of rotatable bonds is 3. The lowest BCUT2D eigenvalue weighted by atomic mass is 10.3. The normalized spacial score (nSPS) is 15.1. The SMILES string of the molecule is Cc1cc(Sc2nc(C)c(C)o2)nc(C2CC2)n1. The first kappa shape index (κ1) is 11.7. The van der Waals surface area contributed by atoms with Crippen LogP contribution in [0.4, 0.5) is 0 Å². The third kappa shape index (κ3) is 2.41. The van der Waals surface area contributed by atoms with Crippen molar-refractivity contribution in [3.63, 3.8) is 0 Å². The minimum absolute atomic E-state index is 0.567. The molecule has 94 valence electrons. The molecule has 1 saturated carbocycles. The fourth-order valence-corrected chi connectivity index (χ4v) is 2.61. The van der Waals surface area contributed by atoms with Crippen LogP contribution in [0.5, 0.6) is 0 Å². The van der Waals surface area contributed by atoms with Crippen molar-refractivity contribution >= 4 is 11.8 Å². The Balaban J connectivity index is 1.87. The molecule has 0 atom stereocenters. The van der Waals surface area contributed by atoms with Gasteiger partial charge in [-0.1, -0.05) is 0 Å². The van der Waals surface area contributed by atoms with Crippen LogP contribution in [0.25, 0.3) is 0 Å². The third-order valence-electron chi connectivity index (χ3n) is 2.99. The molecule has 1 fully saturated rings. The van der Waals surface area contributed by atoms with Gasteiger partial charge in [0, 0.05) is 11.6 Å². The van der Waals surface area contributed by atoms with Gasteiger partial charge in [0.25, 0.3) is 5.22 Å². The lowest BCUT2D eigenvalue weighted by Crippen LogP contribution is -1.96. The number of hydrogen-bond donors (Lipinski definition) is 0. The quantitative estimate of drug-likeness (QED) is 0.792. The Labute approximate surface area is 110 Å². The molecular weight excluding hydrogens is 246 g/mol. The van der Waals surface area contributed by atoms with Crippen LogP contribution in [0.15, 0.2) is 20.7 Å². The standard InChI is InChI=1S/C13H15N3OS/c1-7-6-11(16-12(14-7)10-4-5-10)18-13-15-8(2)9(3)17-13/h6,10H,4-5H2,1-3H3. The number of hydrogen-bond acceptors (Lipinski definition) is 5. The van der Waals surface area contributed by atoms with E-state index in [9.17, 15) is 0 Å². The van der Waals surface area contributed by atoms with Gasteiger partial charge in [-0.05, 0) is 51.4 Å². The van der Waals surface area contributed by atoms with Crippen LogP contribution in [0.1, 0.15) is 41.7 Å². The van der Waals surface area contributed by atoms with E-state index in [1.54, 1.807) is 0 Å². The molecule has 2 heterocycles. The Morgan fingerprint density at radius 2 is 1.94 bits per heavy atom. The van der Waals surface area contributed by atoms with Crippen molar-refractivity contribution in [1.82, 2.24) is 15.0 Å². The van der Waals surface area contributed by atoms with E-state index in [0.29, 0.717) is 11.1 Å². The summed E-state index contributed by atoms with van der Waals surface area (Å²) in [7, 11) is 0. The molecule has 0 aromatic carbocycles. The van der Waals surface area contributed by atoms with Crippen LogP contribution in [0.2, 0.25) is 0 Å². The van der Waals surface area contributed by atoms with Crippen LogP contribution >= 0.6 is 11.8 Å². The monoisotopic (exact) mass is 261 g/mol. The van der Waals surface area contributed by atoms with Gasteiger partial charge >= 0.3 is 0 Å². The first-order valence-electron chi connectivity index (χ1n) is 6.09. The van der Waals surface area contributed by atoms with Gasteiger partial charge in [-0.25, -0.2) is 15.0 Å². The molecule has 3 rings (SSSR count). The fourth-order valence-electron chi connectivity index (χ4n) is 1.71. The van der Waals surface area contributed by atoms with E-state index >= 15 is 0 Å². The molecule has 0 amide bonds. The molecule has 2 aromatic rings. The predicted octanol–water partition coefficient (Wildman–Crippen LogP) is 3.42. The van der Waals surface area contributed by atoms with E-state index < -0.39 is 0 Å². The van der Waals surface area contributed by atoms with Crippen molar-refractivity contribution in [1.29, 1.82) is 0 Å². The Morgan fingerprint density at radius 3 is 2.56 bits per heavy atom. The van der Waals surface area contributed by atoms with Crippen molar-refractivity contribution in [2.24, 2.45) is 0 Å². The Kier molecular flexibility index (Phi) is 2.86. The summed E-state index contributed by atoms with van der Waals surface area (Å²) in [5, 5.41) is 1.58. The highest BCUT2D eigenvalue weighted by molar-refractivity contribution is 7.99. The molecule has 0 unspecified atom stereocenters. The molecule has 0 N–H and O–H groups in total. The molecular formula is C13H15N3OS. The molecule has 0 aliphatic heterocycles. The van der Waals surface area contributed by atoms with Gasteiger partial charge in [0.1, 0.15) is 16.6 Å². The van der Waals surface area contributed by atoms with Crippen LogP contribution in [-0.4, -0.2) is 15.0 Å². The molecule has 1 aliphatic rings. The van der Waals surface area contributed by atoms with Gasteiger partial charge in [-0.2, -0.15) is 0 Å². The first-order chi connectivity index (χ1) is 8.61. The summed E-state index contributed by atoms with van der Waals surface area (Å²) in [4.78, 5) is 13.4. The van der Waals surface area contributed by atoms with Gasteiger partial charge in [-0.15, -0.1) is 0 Å². The topological polar surface area (TPSA) is 51.8 Å². The van der Waals surface area contributed by atoms with Gasteiger partial charge in [0.15, 0.2) is 0 Å². The minimum Gasteiger partial charge on any atom is -0.436 e. The number of nitrogens with zero attached hydrogens (tertiary/aromatic N) is 3. The van der Waals surface area contributed by atoms with Crippen LogP contribution < -0.4 is 0 Å². The largest absolute Gasteiger partial charge is 0.436 e. The van der Waals surface area contributed by atoms with E-state index in [1.807, 2.05) is 26.8 Å². The lowest BCUT2D eigenvalue weighted by Gasteiger charge is -2.02. The molecule has 2 aromatic heterocycles. The lowest BCUT2D eigenvalue weighted by molar-refractivity contribution is 0.431. The van der Waals surface area contributed by atoms with Crippen LogP contribution in [0, 0.1) is 20.8 Å². The second kappa shape index (κ2) is 4.39. The maximum Gasteiger partial charge on any atom is 0.262 e. The van der Waals surface area contributed by atoms with E-state index in [2.05, 4.69) is 15.0 Å². The summed E-state index contributed by atoms with van der Waals surface area (Å²) in [6.45, 7) is 5.88. The highest BCUT2D eigenvalue weighted by Crippen LogP contribution is 2.39. The van der Waals surface area contributed by atoms with E-state index in [0.717, 1.165) is 28.0 Å². The van der Waals surface area contributed by atoms with Crippen molar-refractivity contribution < 1.29 is 4.42 Å². The van der Waals surface area contributed by atoms with Crippen molar-refractivity contribution in [2.75, 3.05) is 0 Å². The summed E-state index contributed by atoms with van der Waals surface area (Å²) in [6.07, 6.45) is 2.43. The fraction of sp³-hybridized carbons (Fsp3) is 0.462. The zero-order chi connectivity index (χ0) is 12.7. The Morgan fingerprint density at radius 1 is 1.17 bits per heavy atom. The maximum atomic E-state index is 5.57. The van der Waals surface area contributed by atoms with Gasteiger partial charge in [0.05, 0.1) is 5.69 Å². The highest BCUT2D eigenvalue weighted by atomic mass is 32.2. The molecule has 0 spiro atoms. The molecule has 0 bridgehead atoms. The zero-order valence-electron chi connectivity index (χ0n) is 10.7. The van der Waals surface area contributed by atoms with Crippen LogP contribution in [0.3, 0.4) is 0 Å². The second-order valence-corrected chi connectivity index (χ2v) is 5.68. The van der Waals surface area contributed by atoms with E-state index in [-0.39, 0.29) is 0 Å². The molecule has 5 heteroatoms. The number of oxazole rings is 1. The molecule has 0 radical (unpaired) electrons. The first-order valence-corrected chi connectivity index (χ1v) is 6.91. The highest BCUT2D eigenvalue weighted by Gasteiger charge is 2.27. The molecule has 4 nitrogen and oxygen atoms in total.